The van der Waals surface area contributed by atoms with Crippen molar-refractivity contribution in [3.63, 3.8) is 0 Å². The van der Waals surface area contributed by atoms with Gasteiger partial charge in [0, 0.05) is 22.2 Å². The van der Waals surface area contributed by atoms with E-state index in [4.69, 9.17) is 9.73 Å². The maximum absolute atomic E-state index is 13.8. The third-order valence-corrected chi connectivity index (χ3v) is 8.35. The molecular weight excluding hydrogens is 464 g/mol. The van der Waals surface area contributed by atoms with Gasteiger partial charge in [0.05, 0.1) is 12.7 Å². The second-order valence-electron chi connectivity index (χ2n) is 10.5. The molecule has 1 N–H and O–H groups in total. The number of carbonyl (C=O) groups is 1. The van der Waals surface area contributed by atoms with Crippen molar-refractivity contribution in [2.24, 2.45) is 16.3 Å². The third kappa shape index (κ3) is 4.93. The Hall–Kier alpha value is -3.44. The molecule has 0 saturated heterocycles. The number of methoxy groups -OCH3 is 1. The van der Waals surface area contributed by atoms with E-state index in [1.807, 2.05) is 60.8 Å². The van der Waals surface area contributed by atoms with Gasteiger partial charge in [-0.05, 0) is 77.4 Å². The summed E-state index contributed by atoms with van der Waals surface area (Å²) in [4.78, 5) is 19.9. The molecule has 0 spiro atoms. The van der Waals surface area contributed by atoms with E-state index >= 15 is 0 Å². The lowest BCUT2D eigenvalue weighted by molar-refractivity contribution is 0.102. The molecule has 5 heteroatoms. The third-order valence-electron chi connectivity index (χ3n) is 7.18. The quantitative estimate of drug-likeness (QED) is 0.284. The largest absolute Gasteiger partial charge is 0.497 e. The Labute approximate surface area is 217 Å². The molecule has 0 radical (unpaired) electrons. The Bertz CT molecular complexity index is 1420. The number of fused-ring (bicyclic) bond motifs is 2. The van der Waals surface area contributed by atoms with Crippen LogP contribution in [0.1, 0.15) is 53.6 Å². The van der Waals surface area contributed by atoms with Gasteiger partial charge in [-0.15, -0.1) is 11.3 Å². The Morgan fingerprint density at radius 2 is 1.81 bits per heavy atom. The Balaban J connectivity index is 1.52. The van der Waals surface area contributed by atoms with Gasteiger partial charge in [0.15, 0.2) is 0 Å². The summed E-state index contributed by atoms with van der Waals surface area (Å²) in [5.74, 6) is 1.32. The number of carbonyl (C=O) groups excluding carboxylic acids is 1. The van der Waals surface area contributed by atoms with Gasteiger partial charge in [-0.1, -0.05) is 57.2 Å². The lowest BCUT2D eigenvalue weighted by atomic mass is 9.72. The number of ether oxygens (including phenoxy) is 1. The van der Waals surface area contributed by atoms with E-state index in [1.165, 1.54) is 10.4 Å². The number of aliphatic imine (C=N–C) groups is 1. The van der Waals surface area contributed by atoms with Crippen LogP contribution in [0.2, 0.25) is 0 Å². The highest BCUT2D eigenvalue weighted by molar-refractivity contribution is 7.16. The molecule has 0 aliphatic heterocycles. The second-order valence-corrected chi connectivity index (χ2v) is 11.6. The molecule has 1 aliphatic carbocycles. The Morgan fingerprint density at radius 1 is 1.06 bits per heavy atom. The first-order chi connectivity index (χ1) is 17.3. The van der Waals surface area contributed by atoms with E-state index in [0.717, 1.165) is 57.6 Å². The first kappa shape index (κ1) is 24.3. The number of nitrogens with zero attached hydrogens (tertiary/aromatic N) is 1. The van der Waals surface area contributed by atoms with Crippen molar-refractivity contribution in [2.75, 3.05) is 12.4 Å². The molecule has 4 aromatic rings. The second kappa shape index (κ2) is 9.90. The van der Waals surface area contributed by atoms with Crippen molar-refractivity contribution in [1.82, 2.24) is 0 Å². The number of rotatable bonds is 5. The van der Waals surface area contributed by atoms with E-state index in [1.54, 1.807) is 18.4 Å². The van der Waals surface area contributed by atoms with E-state index < -0.39 is 0 Å². The van der Waals surface area contributed by atoms with Crippen LogP contribution in [-0.2, 0) is 12.8 Å². The minimum Gasteiger partial charge on any atom is -0.497 e. The van der Waals surface area contributed by atoms with Crippen molar-refractivity contribution < 1.29 is 9.53 Å². The zero-order valence-electron chi connectivity index (χ0n) is 21.3. The molecule has 1 aliphatic rings. The van der Waals surface area contributed by atoms with Gasteiger partial charge >= 0.3 is 0 Å². The summed E-state index contributed by atoms with van der Waals surface area (Å²) < 4.78 is 5.27. The SMILES string of the molecule is COc1ccc(C=Nc2sc3c(c2C(=O)Nc2cccc4ccccc24)CC[C@@H](C(C)(C)C)C3)cc1. The highest BCUT2D eigenvalue weighted by Gasteiger charge is 2.33. The number of amides is 1. The van der Waals surface area contributed by atoms with Gasteiger partial charge in [-0.2, -0.15) is 0 Å². The zero-order chi connectivity index (χ0) is 25.3. The van der Waals surface area contributed by atoms with Crippen molar-refractivity contribution in [1.29, 1.82) is 0 Å². The summed E-state index contributed by atoms with van der Waals surface area (Å²) >= 11 is 1.67. The summed E-state index contributed by atoms with van der Waals surface area (Å²) in [6, 6.07) is 21.9. The summed E-state index contributed by atoms with van der Waals surface area (Å²) in [6.45, 7) is 6.94. The van der Waals surface area contributed by atoms with Crippen LogP contribution in [0.3, 0.4) is 0 Å². The van der Waals surface area contributed by atoms with Gasteiger partial charge in [-0.25, -0.2) is 4.99 Å². The molecule has 1 aromatic heterocycles. The predicted molar refractivity (Wildman–Crippen MR) is 151 cm³/mol. The van der Waals surface area contributed by atoms with Gasteiger partial charge in [0.25, 0.3) is 5.91 Å². The first-order valence-electron chi connectivity index (χ1n) is 12.5. The molecule has 0 saturated carbocycles. The first-order valence-corrected chi connectivity index (χ1v) is 13.3. The molecule has 0 bridgehead atoms. The minimum absolute atomic E-state index is 0.0834. The average molecular weight is 497 g/mol. The molecule has 4 nitrogen and oxygen atoms in total. The maximum atomic E-state index is 13.8. The lowest BCUT2D eigenvalue weighted by Crippen LogP contribution is -2.27. The summed E-state index contributed by atoms with van der Waals surface area (Å²) in [5, 5.41) is 6.13. The van der Waals surface area contributed by atoms with E-state index in [2.05, 4.69) is 38.2 Å². The van der Waals surface area contributed by atoms with Crippen LogP contribution in [-0.4, -0.2) is 19.2 Å². The van der Waals surface area contributed by atoms with Crippen LogP contribution in [0, 0.1) is 11.3 Å². The number of hydrogen-bond acceptors (Lipinski definition) is 4. The van der Waals surface area contributed by atoms with Crippen LogP contribution in [0.5, 0.6) is 5.75 Å². The van der Waals surface area contributed by atoms with E-state index in [0.29, 0.717) is 5.92 Å². The summed E-state index contributed by atoms with van der Waals surface area (Å²) in [5.41, 5.74) is 3.92. The Kier molecular flexibility index (Phi) is 6.67. The number of hydrogen-bond donors (Lipinski definition) is 1. The summed E-state index contributed by atoms with van der Waals surface area (Å²) in [6.07, 6.45) is 4.83. The fourth-order valence-electron chi connectivity index (χ4n) is 4.98. The van der Waals surface area contributed by atoms with Gasteiger partial charge < -0.3 is 10.1 Å². The molecule has 5 rings (SSSR count). The molecule has 1 heterocycles. The lowest BCUT2D eigenvalue weighted by Gasteiger charge is -2.33. The van der Waals surface area contributed by atoms with Crippen LogP contribution >= 0.6 is 11.3 Å². The molecule has 0 unspecified atom stereocenters. The molecule has 3 aromatic carbocycles. The van der Waals surface area contributed by atoms with E-state index in [-0.39, 0.29) is 11.3 Å². The monoisotopic (exact) mass is 496 g/mol. The zero-order valence-corrected chi connectivity index (χ0v) is 22.1. The standard InChI is InChI=1S/C31H32N2O2S/c1-31(2,3)22-14-17-25-27(18-22)36-30(32-19-20-12-15-23(35-4)16-13-20)28(25)29(34)33-26-11-7-9-21-8-5-6-10-24(21)26/h5-13,15-16,19,22H,14,17-18H2,1-4H3,(H,33,34)/t22-/m1/s1. The van der Waals surface area contributed by atoms with Crippen LogP contribution in [0.4, 0.5) is 10.7 Å². The molecule has 184 valence electrons. The molecule has 0 fully saturated rings. The Morgan fingerprint density at radius 3 is 2.56 bits per heavy atom. The highest BCUT2D eigenvalue weighted by atomic mass is 32.1. The van der Waals surface area contributed by atoms with Crippen molar-refractivity contribution in [2.45, 2.75) is 40.0 Å². The normalized spacial score (nSPS) is 15.7. The number of anilines is 1. The summed E-state index contributed by atoms with van der Waals surface area (Å²) in [7, 11) is 1.66. The molecule has 1 amide bonds. The molecule has 36 heavy (non-hydrogen) atoms. The molecule has 1 atom stereocenters. The topological polar surface area (TPSA) is 50.7 Å². The van der Waals surface area contributed by atoms with Crippen LogP contribution < -0.4 is 10.1 Å². The van der Waals surface area contributed by atoms with Crippen molar-refractivity contribution in [3.05, 3.63) is 88.3 Å². The number of thiophene rings is 1. The molecular formula is C31H32N2O2S. The van der Waals surface area contributed by atoms with Gasteiger partial charge in [-0.3, -0.25) is 4.79 Å². The maximum Gasteiger partial charge on any atom is 0.259 e. The average Bonchev–Trinajstić information content (AvgIpc) is 3.25. The minimum atomic E-state index is -0.0834. The number of nitrogens with one attached hydrogen (secondary N) is 1. The van der Waals surface area contributed by atoms with Crippen LogP contribution in [0.15, 0.2) is 71.7 Å². The predicted octanol–water partition coefficient (Wildman–Crippen LogP) is 8.06. The fourth-order valence-corrected chi connectivity index (χ4v) is 6.25. The van der Waals surface area contributed by atoms with E-state index in [9.17, 15) is 4.79 Å². The van der Waals surface area contributed by atoms with Gasteiger partial charge in [0.2, 0.25) is 0 Å². The number of benzene rings is 3. The van der Waals surface area contributed by atoms with Crippen molar-refractivity contribution in [3.8, 4) is 5.75 Å². The van der Waals surface area contributed by atoms with Crippen LogP contribution in [0.25, 0.3) is 10.8 Å². The highest BCUT2D eigenvalue weighted by Crippen LogP contribution is 2.45. The smallest absolute Gasteiger partial charge is 0.259 e. The van der Waals surface area contributed by atoms with Crippen molar-refractivity contribution >= 4 is 44.9 Å². The van der Waals surface area contributed by atoms with Gasteiger partial charge in [0.1, 0.15) is 10.8 Å². The fraction of sp³-hybridized carbons (Fsp3) is 0.290.